The summed E-state index contributed by atoms with van der Waals surface area (Å²) in [7, 11) is 0. The molecule has 0 N–H and O–H groups in total. The minimum atomic E-state index is -0.320. The van der Waals surface area contributed by atoms with E-state index in [0.717, 1.165) is 13.0 Å². The van der Waals surface area contributed by atoms with Gasteiger partial charge in [-0.25, -0.2) is 0 Å². The molecule has 3 heterocycles. The van der Waals surface area contributed by atoms with Crippen LogP contribution in [0.1, 0.15) is 38.9 Å². The first-order valence-electron chi connectivity index (χ1n) is 7.57. The summed E-state index contributed by atoms with van der Waals surface area (Å²) in [6.07, 6.45) is 1.92. The van der Waals surface area contributed by atoms with Crippen LogP contribution in [-0.4, -0.2) is 46.2 Å². The van der Waals surface area contributed by atoms with Crippen molar-refractivity contribution in [2.24, 2.45) is 11.3 Å². The zero-order valence-electron chi connectivity index (χ0n) is 13.1. The van der Waals surface area contributed by atoms with E-state index in [1.54, 1.807) is 0 Å². The number of carbonyl (C=O) groups excluding carboxylic acids is 1. The molecule has 6 heteroatoms. The van der Waals surface area contributed by atoms with Crippen molar-refractivity contribution < 1.29 is 14.1 Å². The second-order valence-corrected chi connectivity index (χ2v) is 7.19. The molecule has 0 spiro atoms. The first-order chi connectivity index (χ1) is 9.83. The molecule has 3 rings (SSSR count). The summed E-state index contributed by atoms with van der Waals surface area (Å²) in [4.78, 5) is 18.5. The van der Waals surface area contributed by atoms with Crippen LogP contribution in [0, 0.1) is 18.3 Å². The SMILES string of the molecule is Cc1noc(C[C@@H]2C[C@H]3CN(C(=O)C(C)(C)C)C[C@H]3O2)n1. The Bertz CT molecular complexity index is 521. The quantitative estimate of drug-likeness (QED) is 0.828. The molecule has 2 aliphatic rings. The van der Waals surface area contributed by atoms with Gasteiger partial charge in [0.05, 0.1) is 18.6 Å². The van der Waals surface area contributed by atoms with Crippen LogP contribution in [0.25, 0.3) is 0 Å². The summed E-state index contributed by atoms with van der Waals surface area (Å²) in [6.45, 7) is 9.22. The predicted octanol–water partition coefficient (Wildman–Crippen LogP) is 1.58. The molecule has 0 unspecified atom stereocenters. The number of hydrogen-bond donors (Lipinski definition) is 0. The molecule has 0 bridgehead atoms. The van der Waals surface area contributed by atoms with Gasteiger partial charge in [-0.15, -0.1) is 0 Å². The molecule has 2 saturated heterocycles. The van der Waals surface area contributed by atoms with Gasteiger partial charge in [0.2, 0.25) is 11.8 Å². The Morgan fingerprint density at radius 3 is 2.71 bits per heavy atom. The second-order valence-electron chi connectivity index (χ2n) is 7.19. The number of nitrogens with zero attached hydrogens (tertiary/aromatic N) is 3. The fraction of sp³-hybridized carbons (Fsp3) is 0.800. The van der Waals surface area contributed by atoms with Crippen molar-refractivity contribution in [3.8, 4) is 0 Å². The Morgan fingerprint density at radius 1 is 1.38 bits per heavy atom. The molecule has 2 fully saturated rings. The minimum Gasteiger partial charge on any atom is -0.372 e. The van der Waals surface area contributed by atoms with Gasteiger partial charge >= 0.3 is 0 Å². The predicted molar refractivity (Wildman–Crippen MR) is 75.5 cm³/mol. The highest BCUT2D eigenvalue weighted by Gasteiger charge is 2.45. The van der Waals surface area contributed by atoms with E-state index in [9.17, 15) is 4.79 Å². The van der Waals surface area contributed by atoms with Crippen LogP contribution in [0.15, 0.2) is 4.52 Å². The third-order valence-corrected chi connectivity index (χ3v) is 4.21. The van der Waals surface area contributed by atoms with Gasteiger partial charge in [-0.1, -0.05) is 25.9 Å². The van der Waals surface area contributed by atoms with Crippen LogP contribution in [0.3, 0.4) is 0 Å². The van der Waals surface area contributed by atoms with E-state index in [1.807, 2.05) is 32.6 Å². The van der Waals surface area contributed by atoms with Crippen molar-refractivity contribution in [3.63, 3.8) is 0 Å². The number of likely N-dealkylation sites (tertiary alicyclic amines) is 1. The van der Waals surface area contributed by atoms with Gasteiger partial charge in [0.25, 0.3) is 0 Å². The molecular weight excluding hydrogens is 270 g/mol. The molecule has 3 atom stereocenters. The van der Waals surface area contributed by atoms with Crippen molar-refractivity contribution in [3.05, 3.63) is 11.7 Å². The Hall–Kier alpha value is -1.43. The third-order valence-electron chi connectivity index (χ3n) is 4.21. The van der Waals surface area contributed by atoms with Crippen LogP contribution in [0.2, 0.25) is 0 Å². The zero-order valence-corrected chi connectivity index (χ0v) is 13.1. The number of aromatic nitrogens is 2. The van der Waals surface area contributed by atoms with E-state index < -0.39 is 0 Å². The molecule has 116 valence electrons. The van der Waals surface area contributed by atoms with Crippen LogP contribution in [-0.2, 0) is 16.0 Å². The molecule has 2 aliphatic heterocycles. The molecule has 0 saturated carbocycles. The molecule has 0 radical (unpaired) electrons. The maximum Gasteiger partial charge on any atom is 0.229 e. The van der Waals surface area contributed by atoms with Crippen LogP contribution < -0.4 is 0 Å². The summed E-state index contributed by atoms with van der Waals surface area (Å²) in [6, 6.07) is 0. The molecule has 0 aromatic carbocycles. The smallest absolute Gasteiger partial charge is 0.229 e. The average molecular weight is 293 g/mol. The van der Waals surface area contributed by atoms with Crippen molar-refractivity contribution in [2.75, 3.05) is 13.1 Å². The molecule has 1 aromatic heterocycles. The number of aryl methyl sites for hydroxylation is 1. The molecule has 0 aliphatic carbocycles. The fourth-order valence-electron chi connectivity index (χ4n) is 3.25. The summed E-state index contributed by atoms with van der Waals surface area (Å²) < 4.78 is 11.2. The lowest BCUT2D eigenvalue weighted by Crippen LogP contribution is -2.39. The normalized spacial score (nSPS) is 29.0. The Morgan fingerprint density at radius 2 is 2.14 bits per heavy atom. The van der Waals surface area contributed by atoms with Crippen LogP contribution in [0.4, 0.5) is 0 Å². The van der Waals surface area contributed by atoms with Gasteiger partial charge in [-0.05, 0) is 13.3 Å². The highest BCUT2D eigenvalue weighted by atomic mass is 16.5. The third kappa shape index (κ3) is 2.95. The number of fused-ring (bicyclic) bond motifs is 1. The first kappa shape index (κ1) is 14.5. The van der Waals surface area contributed by atoms with E-state index in [2.05, 4.69) is 10.1 Å². The lowest BCUT2D eigenvalue weighted by atomic mass is 9.95. The Kier molecular flexibility index (Phi) is 3.51. The molecule has 6 nitrogen and oxygen atoms in total. The van der Waals surface area contributed by atoms with Gasteiger partial charge in [-0.2, -0.15) is 4.98 Å². The number of hydrogen-bond acceptors (Lipinski definition) is 5. The van der Waals surface area contributed by atoms with Gasteiger partial charge in [0, 0.05) is 24.4 Å². The summed E-state index contributed by atoms with van der Waals surface area (Å²) in [5, 5.41) is 3.80. The van der Waals surface area contributed by atoms with E-state index in [-0.39, 0.29) is 23.5 Å². The van der Waals surface area contributed by atoms with E-state index in [0.29, 0.717) is 30.6 Å². The zero-order chi connectivity index (χ0) is 15.2. The standard InChI is InChI=1S/C15H23N3O3/c1-9-16-13(21-17-9)6-11-5-10-7-18(8-12(10)20-11)14(19)15(2,3)4/h10-12H,5-8H2,1-4H3/t10-,11-,12+/m0/s1. The largest absolute Gasteiger partial charge is 0.372 e. The summed E-state index contributed by atoms with van der Waals surface area (Å²) >= 11 is 0. The molecule has 21 heavy (non-hydrogen) atoms. The van der Waals surface area contributed by atoms with Gasteiger partial charge < -0.3 is 14.2 Å². The van der Waals surface area contributed by atoms with Crippen LogP contribution >= 0.6 is 0 Å². The fourth-order valence-corrected chi connectivity index (χ4v) is 3.25. The average Bonchev–Trinajstić information content (AvgIpc) is 3.02. The first-order valence-corrected chi connectivity index (χ1v) is 7.57. The summed E-state index contributed by atoms with van der Waals surface area (Å²) in [5.41, 5.74) is -0.320. The molecule has 1 aromatic rings. The number of amides is 1. The lowest BCUT2D eigenvalue weighted by molar-refractivity contribution is -0.139. The van der Waals surface area contributed by atoms with E-state index in [1.165, 1.54) is 0 Å². The van der Waals surface area contributed by atoms with Crippen molar-refractivity contribution >= 4 is 5.91 Å². The minimum absolute atomic E-state index is 0.131. The van der Waals surface area contributed by atoms with E-state index >= 15 is 0 Å². The van der Waals surface area contributed by atoms with Crippen molar-refractivity contribution in [2.45, 2.75) is 52.7 Å². The lowest BCUT2D eigenvalue weighted by Gasteiger charge is -2.26. The Labute approximate surface area is 124 Å². The van der Waals surface area contributed by atoms with Crippen molar-refractivity contribution in [1.82, 2.24) is 15.0 Å². The topological polar surface area (TPSA) is 68.5 Å². The van der Waals surface area contributed by atoms with Crippen molar-refractivity contribution in [1.29, 1.82) is 0 Å². The molecule has 1 amide bonds. The Balaban J connectivity index is 1.55. The maximum absolute atomic E-state index is 12.3. The highest BCUT2D eigenvalue weighted by Crippen LogP contribution is 2.35. The number of ether oxygens (including phenoxy) is 1. The number of rotatable bonds is 2. The van der Waals surface area contributed by atoms with Gasteiger partial charge in [-0.3, -0.25) is 4.79 Å². The molecular formula is C15H23N3O3. The number of carbonyl (C=O) groups is 1. The maximum atomic E-state index is 12.3. The van der Waals surface area contributed by atoms with Gasteiger partial charge in [0.1, 0.15) is 0 Å². The van der Waals surface area contributed by atoms with E-state index in [4.69, 9.17) is 9.26 Å². The summed E-state index contributed by atoms with van der Waals surface area (Å²) in [5.74, 6) is 1.94. The second kappa shape index (κ2) is 5.09. The monoisotopic (exact) mass is 293 g/mol. The highest BCUT2D eigenvalue weighted by molar-refractivity contribution is 5.81. The van der Waals surface area contributed by atoms with Crippen LogP contribution in [0.5, 0.6) is 0 Å². The van der Waals surface area contributed by atoms with Gasteiger partial charge in [0.15, 0.2) is 5.82 Å².